The number of ether oxygens (including phenoxy) is 2. The smallest absolute Gasteiger partial charge is 0.273 e. The molecule has 0 aromatic heterocycles. The van der Waals surface area contributed by atoms with Crippen LogP contribution in [0, 0.1) is 0 Å². The minimum atomic E-state index is -0.692. The van der Waals surface area contributed by atoms with Crippen molar-refractivity contribution in [1.29, 1.82) is 0 Å². The Kier molecular flexibility index (Phi) is 6.51. The van der Waals surface area contributed by atoms with Crippen LogP contribution in [-0.4, -0.2) is 25.3 Å². The maximum Gasteiger partial charge on any atom is 0.273 e. The molecule has 1 amide bonds. The lowest BCUT2D eigenvalue weighted by atomic mass is 10.1. The highest BCUT2D eigenvalue weighted by Gasteiger charge is 2.19. The van der Waals surface area contributed by atoms with Crippen LogP contribution in [0.15, 0.2) is 59.7 Å². The number of amides is 1. The van der Waals surface area contributed by atoms with E-state index < -0.39 is 6.10 Å². The zero-order chi connectivity index (χ0) is 17.4. The van der Waals surface area contributed by atoms with Gasteiger partial charge in [0.25, 0.3) is 5.91 Å². The van der Waals surface area contributed by atoms with Crippen LogP contribution in [0.5, 0.6) is 5.75 Å². The van der Waals surface area contributed by atoms with E-state index in [2.05, 4.69) is 10.5 Å². The molecular formula is C19H22N2O3. The highest BCUT2D eigenvalue weighted by atomic mass is 16.5. The van der Waals surface area contributed by atoms with Gasteiger partial charge in [0.1, 0.15) is 5.75 Å². The number of hydrogen-bond donors (Lipinski definition) is 1. The molecule has 126 valence electrons. The van der Waals surface area contributed by atoms with Crippen molar-refractivity contribution in [1.82, 2.24) is 5.43 Å². The summed E-state index contributed by atoms with van der Waals surface area (Å²) in [6.07, 6.45) is -0.692. The molecule has 1 N–H and O–H groups in total. The molecule has 2 aromatic carbocycles. The van der Waals surface area contributed by atoms with Crippen molar-refractivity contribution in [2.45, 2.75) is 20.0 Å². The Bertz CT molecular complexity index is 682. The second-order valence-electron chi connectivity index (χ2n) is 5.16. The largest absolute Gasteiger partial charge is 0.494 e. The van der Waals surface area contributed by atoms with E-state index in [1.54, 1.807) is 0 Å². The van der Waals surface area contributed by atoms with Crippen LogP contribution in [-0.2, 0) is 9.53 Å². The zero-order valence-electron chi connectivity index (χ0n) is 14.2. The Balaban J connectivity index is 2.04. The van der Waals surface area contributed by atoms with Crippen LogP contribution in [0.1, 0.15) is 31.1 Å². The summed E-state index contributed by atoms with van der Waals surface area (Å²) in [4.78, 5) is 12.3. The summed E-state index contributed by atoms with van der Waals surface area (Å²) in [5, 5.41) is 4.16. The Morgan fingerprint density at radius 3 is 2.38 bits per heavy atom. The Morgan fingerprint density at radius 2 is 1.79 bits per heavy atom. The fourth-order valence-corrected chi connectivity index (χ4v) is 2.24. The molecule has 0 saturated heterocycles. The van der Waals surface area contributed by atoms with Crippen molar-refractivity contribution in [3.8, 4) is 5.75 Å². The average molecular weight is 326 g/mol. The normalized spacial score (nSPS) is 12.5. The molecule has 0 bridgehead atoms. The van der Waals surface area contributed by atoms with Gasteiger partial charge in [0.15, 0.2) is 6.10 Å². The molecule has 2 aromatic rings. The number of rotatable bonds is 7. The van der Waals surface area contributed by atoms with E-state index in [-0.39, 0.29) is 5.91 Å². The van der Waals surface area contributed by atoms with E-state index >= 15 is 0 Å². The number of methoxy groups -OCH3 is 1. The van der Waals surface area contributed by atoms with Gasteiger partial charge >= 0.3 is 0 Å². The number of hydrazone groups is 1. The fraction of sp³-hybridized carbons (Fsp3) is 0.263. The van der Waals surface area contributed by atoms with Crippen molar-refractivity contribution in [2.75, 3.05) is 13.7 Å². The SMILES string of the molecule is CCOc1ccc(/C(C)=N\NC(=O)[C@H](OC)c2ccccc2)cc1. The first-order chi connectivity index (χ1) is 11.7. The lowest BCUT2D eigenvalue weighted by Crippen LogP contribution is -2.27. The summed E-state index contributed by atoms with van der Waals surface area (Å²) in [5.74, 6) is 0.496. The van der Waals surface area contributed by atoms with Crippen LogP contribution >= 0.6 is 0 Å². The molecule has 0 aliphatic heterocycles. The summed E-state index contributed by atoms with van der Waals surface area (Å²) in [5.41, 5.74) is 4.96. The van der Waals surface area contributed by atoms with E-state index in [0.29, 0.717) is 12.3 Å². The third-order valence-electron chi connectivity index (χ3n) is 3.49. The van der Waals surface area contributed by atoms with Gasteiger partial charge in [-0.1, -0.05) is 30.3 Å². The first-order valence-corrected chi connectivity index (χ1v) is 7.80. The van der Waals surface area contributed by atoms with E-state index in [4.69, 9.17) is 9.47 Å². The third kappa shape index (κ3) is 4.67. The first-order valence-electron chi connectivity index (χ1n) is 7.80. The quantitative estimate of drug-likeness (QED) is 0.627. The van der Waals surface area contributed by atoms with Crippen molar-refractivity contribution in [2.24, 2.45) is 5.10 Å². The molecule has 24 heavy (non-hydrogen) atoms. The molecule has 5 heteroatoms. The average Bonchev–Trinajstić information content (AvgIpc) is 2.62. The molecule has 0 aliphatic rings. The third-order valence-corrected chi connectivity index (χ3v) is 3.49. The van der Waals surface area contributed by atoms with E-state index in [1.807, 2.05) is 68.4 Å². The number of carbonyl (C=O) groups is 1. The molecule has 0 radical (unpaired) electrons. The van der Waals surface area contributed by atoms with Gasteiger partial charge in [-0.15, -0.1) is 0 Å². The molecule has 0 fully saturated rings. The zero-order valence-corrected chi connectivity index (χ0v) is 14.2. The number of hydrogen-bond acceptors (Lipinski definition) is 4. The molecular weight excluding hydrogens is 304 g/mol. The van der Waals surface area contributed by atoms with Gasteiger partial charge in [-0.05, 0) is 49.2 Å². The molecule has 0 aliphatic carbocycles. The van der Waals surface area contributed by atoms with Crippen LogP contribution < -0.4 is 10.2 Å². The topological polar surface area (TPSA) is 59.9 Å². The Hall–Kier alpha value is -2.66. The van der Waals surface area contributed by atoms with Crippen molar-refractivity contribution in [3.63, 3.8) is 0 Å². The highest BCUT2D eigenvalue weighted by Crippen LogP contribution is 2.16. The second-order valence-corrected chi connectivity index (χ2v) is 5.16. The molecule has 2 rings (SSSR count). The van der Waals surface area contributed by atoms with Gasteiger partial charge in [-0.2, -0.15) is 5.10 Å². The van der Waals surface area contributed by atoms with Crippen LogP contribution in [0.3, 0.4) is 0 Å². The number of nitrogens with one attached hydrogen (secondary N) is 1. The van der Waals surface area contributed by atoms with Gasteiger partial charge in [0, 0.05) is 7.11 Å². The van der Waals surface area contributed by atoms with Crippen molar-refractivity contribution >= 4 is 11.6 Å². The first kappa shape index (κ1) is 17.7. The van der Waals surface area contributed by atoms with Gasteiger partial charge in [0.05, 0.1) is 12.3 Å². The van der Waals surface area contributed by atoms with Gasteiger partial charge in [-0.25, -0.2) is 5.43 Å². The van der Waals surface area contributed by atoms with E-state index in [1.165, 1.54) is 7.11 Å². The minimum absolute atomic E-state index is 0.311. The monoisotopic (exact) mass is 326 g/mol. The molecule has 0 saturated carbocycles. The van der Waals surface area contributed by atoms with Crippen molar-refractivity contribution in [3.05, 3.63) is 65.7 Å². The molecule has 0 heterocycles. The van der Waals surface area contributed by atoms with E-state index in [0.717, 1.165) is 16.9 Å². The Morgan fingerprint density at radius 1 is 1.12 bits per heavy atom. The number of nitrogens with zero attached hydrogens (tertiary/aromatic N) is 1. The molecule has 0 unspecified atom stereocenters. The molecule has 1 atom stereocenters. The maximum absolute atomic E-state index is 12.3. The lowest BCUT2D eigenvalue weighted by molar-refractivity contribution is -0.131. The highest BCUT2D eigenvalue weighted by molar-refractivity contribution is 5.99. The maximum atomic E-state index is 12.3. The lowest BCUT2D eigenvalue weighted by Gasteiger charge is -2.14. The minimum Gasteiger partial charge on any atom is -0.494 e. The summed E-state index contributed by atoms with van der Waals surface area (Å²) in [6.45, 7) is 4.40. The number of benzene rings is 2. The van der Waals surface area contributed by atoms with Gasteiger partial charge < -0.3 is 9.47 Å². The summed E-state index contributed by atoms with van der Waals surface area (Å²) >= 11 is 0. The predicted octanol–water partition coefficient (Wildman–Crippen LogP) is 3.31. The van der Waals surface area contributed by atoms with Gasteiger partial charge in [0.2, 0.25) is 0 Å². The second kappa shape index (κ2) is 8.84. The molecule has 0 spiro atoms. The fourth-order valence-electron chi connectivity index (χ4n) is 2.24. The summed E-state index contributed by atoms with van der Waals surface area (Å²) in [7, 11) is 1.50. The summed E-state index contributed by atoms with van der Waals surface area (Å²) < 4.78 is 10.7. The van der Waals surface area contributed by atoms with Crippen LogP contribution in [0.4, 0.5) is 0 Å². The van der Waals surface area contributed by atoms with Crippen molar-refractivity contribution < 1.29 is 14.3 Å². The van der Waals surface area contributed by atoms with Gasteiger partial charge in [-0.3, -0.25) is 4.79 Å². The summed E-state index contributed by atoms with van der Waals surface area (Å²) in [6, 6.07) is 16.9. The van der Waals surface area contributed by atoms with Crippen LogP contribution in [0.25, 0.3) is 0 Å². The molecule has 5 nitrogen and oxygen atoms in total. The Labute approximate surface area is 142 Å². The number of carbonyl (C=O) groups excluding carboxylic acids is 1. The standard InChI is InChI=1S/C19H22N2O3/c1-4-24-17-12-10-15(11-13-17)14(2)20-21-19(22)18(23-3)16-8-6-5-7-9-16/h5-13,18H,4H2,1-3H3,(H,21,22)/b20-14-/t18-/m1/s1. The van der Waals surface area contributed by atoms with Crippen LogP contribution in [0.2, 0.25) is 0 Å². The predicted molar refractivity (Wildman–Crippen MR) is 94.2 cm³/mol. The van der Waals surface area contributed by atoms with E-state index in [9.17, 15) is 4.79 Å².